The van der Waals surface area contributed by atoms with Crippen LogP contribution in [0.4, 0.5) is 0 Å². The average Bonchev–Trinajstić information content (AvgIpc) is 0.809. The number of methoxy groups -OCH3 is 4. The number of hydrogen-bond acceptors (Lipinski definition) is 37. The zero-order valence-corrected chi connectivity index (χ0v) is 87.3. The predicted molar refractivity (Wildman–Crippen MR) is 556 cm³/mol. The minimum atomic E-state index is -1.64. The van der Waals surface area contributed by atoms with Crippen molar-refractivity contribution in [1.29, 1.82) is 0 Å². The van der Waals surface area contributed by atoms with Gasteiger partial charge in [-0.3, -0.25) is 19.2 Å². The molecule has 0 aromatic heterocycles. The van der Waals surface area contributed by atoms with Crippen LogP contribution in [0.15, 0.2) is 273 Å². The fraction of sp³-hybridized carbons (Fsp3) is 0.423. The zero-order chi connectivity index (χ0) is 109. The lowest BCUT2D eigenvalue weighted by Gasteiger charge is -2.43. The molecule has 0 saturated heterocycles. The molecule has 818 valence electrons. The first-order valence-electron chi connectivity index (χ1n) is 47.0. The lowest BCUT2D eigenvalue weighted by atomic mass is 9.94. The molecular formula is C111H152O37. The predicted octanol–water partition coefficient (Wildman–Crippen LogP) is 18.3. The maximum absolute atomic E-state index is 11.4. The largest absolute Gasteiger partial charge is 0.497 e. The third-order valence-electron chi connectivity index (χ3n) is 19.5. The van der Waals surface area contributed by atoms with E-state index < -0.39 is 33.8 Å². The lowest BCUT2D eigenvalue weighted by Crippen LogP contribution is -2.55. The van der Waals surface area contributed by atoms with Gasteiger partial charge in [0.2, 0.25) is 0 Å². The summed E-state index contributed by atoms with van der Waals surface area (Å²) < 4.78 is 149. The first-order valence-corrected chi connectivity index (χ1v) is 47.0. The van der Waals surface area contributed by atoms with Crippen molar-refractivity contribution in [1.82, 2.24) is 0 Å². The first kappa shape index (κ1) is 132. The molecule has 148 heavy (non-hydrogen) atoms. The van der Waals surface area contributed by atoms with E-state index in [1.165, 1.54) is 0 Å². The van der Waals surface area contributed by atoms with Gasteiger partial charge in [-0.15, -0.1) is 78.9 Å². The fourth-order valence-electron chi connectivity index (χ4n) is 12.0. The highest BCUT2D eigenvalue weighted by molar-refractivity contribution is 5.76. The minimum Gasteiger partial charge on any atom is -0.497 e. The second-order valence-electron chi connectivity index (χ2n) is 31.7. The van der Waals surface area contributed by atoms with Gasteiger partial charge in [-0.05, 0) is 244 Å². The van der Waals surface area contributed by atoms with Crippen LogP contribution < -0.4 is 57.3 Å². The smallest absolute Gasteiger partial charge is 0.189 e. The molecule has 0 radical (unpaired) electrons. The molecule has 4 unspecified atom stereocenters. The van der Waals surface area contributed by atoms with Crippen LogP contribution in [0.5, 0.6) is 69.0 Å². The van der Waals surface area contributed by atoms with Crippen molar-refractivity contribution in [3.63, 3.8) is 0 Å². The van der Waals surface area contributed by atoms with Crippen LogP contribution in [0.3, 0.4) is 0 Å². The van der Waals surface area contributed by atoms with Gasteiger partial charge in [-0.25, -0.2) is 0 Å². The van der Waals surface area contributed by atoms with E-state index in [-0.39, 0.29) is 205 Å². The molecule has 0 saturated carbocycles. The topological polar surface area (TPSA) is 373 Å². The first-order chi connectivity index (χ1) is 72.1. The van der Waals surface area contributed by atoms with Crippen LogP contribution in [-0.2, 0) is 101 Å². The molecule has 0 aliphatic rings. The van der Waals surface area contributed by atoms with Crippen molar-refractivity contribution in [2.45, 2.75) is 69.9 Å². The van der Waals surface area contributed by atoms with E-state index >= 15 is 0 Å². The van der Waals surface area contributed by atoms with Crippen LogP contribution in [0, 0.1) is 5.41 Å². The summed E-state index contributed by atoms with van der Waals surface area (Å²) in [4.78, 5) is 79.1. The Hall–Kier alpha value is -12.4. The molecule has 8 rings (SSSR count). The maximum Gasteiger partial charge on any atom is 0.189 e. The summed E-state index contributed by atoms with van der Waals surface area (Å²) in [7, 11) is 6.21. The molecule has 0 fully saturated rings. The summed E-state index contributed by atoms with van der Waals surface area (Å²) in [6.45, 7) is 46.2. The normalized spacial score (nSPS) is 12.7. The molecule has 4 atom stereocenters. The number of carbonyl (C=O) groups is 4. The molecule has 37 heteroatoms. The van der Waals surface area contributed by atoms with Crippen molar-refractivity contribution in [3.8, 4) is 69.0 Å². The van der Waals surface area contributed by atoms with Crippen LogP contribution in [0.2, 0.25) is 0 Å². The third-order valence-corrected chi connectivity index (χ3v) is 19.5. The third kappa shape index (κ3) is 58.4. The molecule has 0 aliphatic heterocycles. The van der Waals surface area contributed by atoms with Gasteiger partial charge in [0.15, 0.2) is 28.8 Å². The van der Waals surface area contributed by atoms with Crippen molar-refractivity contribution >= 4 is 25.1 Å². The second-order valence-corrected chi connectivity index (χ2v) is 31.7. The van der Waals surface area contributed by atoms with E-state index in [0.717, 1.165) is 25.1 Å². The number of hydrogen-bond donors (Lipinski definition) is 0. The number of carbonyl (C=O) groups excluding carboxylic acids is 4. The van der Waals surface area contributed by atoms with Gasteiger partial charge in [-0.1, -0.05) is 6.92 Å². The summed E-state index contributed by atoms with van der Waals surface area (Å²) in [6.07, 6.45) is 3.00. The Bertz CT molecular complexity index is 4410. The molecule has 8 aromatic rings. The Morgan fingerprint density at radius 3 is 0.696 bits per heavy atom. The van der Waals surface area contributed by atoms with Gasteiger partial charge in [0.05, 0.1) is 180 Å². The Morgan fingerprint density at radius 1 is 0.203 bits per heavy atom. The van der Waals surface area contributed by atoms with Gasteiger partial charge < -0.3 is 128 Å². The molecule has 8 aromatic carbocycles. The van der Waals surface area contributed by atoms with Crippen LogP contribution >= 0.6 is 0 Å². The van der Waals surface area contributed by atoms with Crippen LogP contribution in [0.25, 0.3) is 0 Å². The fourth-order valence-corrected chi connectivity index (χ4v) is 12.0. The van der Waals surface area contributed by atoms with Crippen LogP contribution in [0.1, 0.15) is 83.0 Å². The summed E-state index contributed by atoms with van der Waals surface area (Å²) in [6, 6.07) is 53.9. The Labute approximate surface area is 871 Å². The number of ether oxygens (including phenoxy) is 24. The summed E-state index contributed by atoms with van der Waals surface area (Å²) in [5, 5.41) is 16.0. The molecule has 0 aliphatic carbocycles. The van der Waals surface area contributed by atoms with E-state index in [1.54, 1.807) is 264 Å². The monoisotopic (exact) mass is 2080 g/mol. The number of rotatable bonds is 81. The Balaban J connectivity index is 0.00000594. The molecule has 0 spiro atoms. The summed E-state index contributed by atoms with van der Waals surface area (Å²) in [5.74, 6) is 2.98. The van der Waals surface area contributed by atoms with Crippen molar-refractivity contribution in [2.24, 2.45) is 5.41 Å². The van der Waals surface area contributed by atoms with E-state index in [1.807, 2.05) is 0 Å². The van der Waals surface area contributed by atoms with Gasteiger partial charge >= 0.3 is 0 Å². The summed E-state index contributed by atoms with van der Waals surface area (Å²) >= 11 is 0. The SMILES string of the molecule is C=C.C=C.C=C.C=C.C=C.C=C.COc1ccc(OCCOCCOC(C)(COCC(C)(COCC(C)(COOOc2ccc(OC)cc2)COOOc2ccc(OC)cc2)OC(C)(COC(C)(COCCOCCOc2ccc(C=O)cc2)OCCOCCOc2ccc(C=O)cc2)COC(C)(COCCOCCOc2ccc(C=O)cc2)OCCOCCOc2ccc(C=O)cc2)COOOc2ccc(OC)cc2)cc1. The minimum absolute atomic E-state index is 0.0280. The zero-order valence-electron chi connectivity index (χ0n) is 87.3. The summed E-state index contributed by atoms with van der Waals surface area (Å²) in [5.41, 5.74) is -3.72. The quantitative estimate of drug-likeness (QED) is 0.00853. The maximum atomic E-state index is 11.4. The lowest BCUT2D eigenvalue weighted by molar-refractivity contribution is -0.490. The van der Waals surface area contributed by atoms with E-state index in [2.05, 4.69) is 78.9 Å². The highest BCUT2D eigenvalue weighted by Crippen LogP contribution is 2.32. The molecular weight excluding hydrogens is 1930 g/mol. The van der Waals surface area contributed by atoms with Gasteiger partial charge in [0.25, 0.3) is 0 Å². The average molecular weight is 2080 g/mol. The van der Waals surface area contributed by atoms with Gasteiger partial charge in [0.1, 0.15) is 147 Å². The standard InChI is InChI=1S/C99H128O37.6C2H4/c1-94(68-127-134-130-91-37-29-83(105-8)30-38-91,69-128-135-131-92-39-31-84(106-9)32-40-92)67-115-71-96(3,72-116-70-95(2,75-129-136-132-93-41-33-85(107-10)34-42-93)122-60-52-110-49-59-121-90-35-27-82(104-7)28-36-90)133-97(4,73-125-98(5,123-61-53-111-50-57-119-88-23-15-80(65-102)16-24-88)76-113-45-43-108-47-55-117-86-19-11-78(63-100)12-20-86)74-126-99(6,124-62-54-112-51-58-120-89-25-17-81(66-103)18-26-89)77-114-46-44-109-48-56-118-87-21-13-79(64-101)14-22-87;6*1-2/h11-42,63-66H,43-62,67-77H2,1-10H3;6*1-2H2. The number of benzene rings is 8. The molecule has 37 nitrogen and oxygen atoms in total. The van der Waals surface area contributed by atoms with Gasteiger partial charge in [-0.2, -0.15) is 14.7 Å². The highest BCUT2D eigenvalue weighted by atomic mass is 17.5. The highest BCUT2D eigenvalue weighted by Gasteiger charge is 2.44. The van der Waals surface area contributed by atoms with E-state index in [4.69, 9.17) is 158 Å². The number of aldehydes is 4. The van der Waals surface area contributed by atoms with E-state index in [9.17, 15) is 19.2 Å². The molecule has 0 bridgehead atoms. The van der Waals surface area contributed by atoms with Gasteiger partial charge in [0, 0.05) is 27.7 Å². The molecule has 0 amide bonds. The van der Waals surface area contributed by atoms with Crippen molar-refractivity contribution in [3.05, 3.63) is 295 Å². The van der Waals surface area contributed by atoms with E-state index in [0.29, 0.717) is 91.2 Å². The van der Waals surface area contributed by atoms with Crippen molar-refractivity contribution < 1.29 is 177 Å². The van der Waals surface area contributed by atoms with Crippen molar-refractivity contribution in [2.75, 3.05) is 233 Å². The Morgan fingerprint density at radius 2 is 0.419 bits per heavy atom. The molecule has 0 heterocycles. The Kier molecular flexibility index (Phi) is 72.6. The van der Waals surface area contributed by atoms with Crippen LogP contribution in [-0.4, -0.2) is 287 Å². The second kappa shape index (κ2) is 81.6. The molecule has 0 N–H and O–H groups in total.